The normalized spacial score (nSPS) is 23.3. The topological polar surface area (TPSA) is 56.8 Å². The number of pyridine rings is 1. The van der Waals surface area contributed by atoms with E-state index in [2.05, 4.69) is 26.9 Å². The number of amides is 2. The first-order valence-electron chi connectivity index (χ1n) is 13.4. The molecule has 2 aromatic rings. The molecule has 2 bridgehead atoms. The number of nitrogens with zero attached hydrogens (tertiary/aromatic N) is 4. The summed E-state index contributed by atoms with van der Waals surface area (Å²) < 4.78 is 0. The van der Waals surface area contributed by atoms with E-state index < -0.39 is 0 Å². The highest BCUT2D eigenvalue weighted by Crippen LogP contribution is 2.34. The Hall–Kier alpha value is -2.73. The van der Waals surface area contributed by atoms with E-state index >= 15 is 0 Å². The van der Waals surface area contributed by atoms with Gasteiger partial charge in [0.2, 0.25) is 11.8 Å². The summed E-state index contributed by atoms with van der Waals surface area (Å²) >= 11 is 0. The number of hydrogen-bond donors (Lipinski definition) is 0. The van der Waals surface area contributed by atoms with Crippen LogP contribution >= 0.6 is 0 Å². The van der Waals surface area contributed by atoms with Crippen LogP contribution < -0.4 is 4.90 Å². The van der Waals surface area contributed by atoms with Crippen LogP contribution in [0.2, 0.25) is 0 Å². The number of rotatable bonds is 5. The molecule has 2 atom stereocenters. The molecule has 0 spiro atoms. The molecule has 5 rings (SSSR count). The Kier molecular flexibility index (Phi) is 7.47. The van der Waals surface area contributed by atoms with Crippen LogP contribution in [0.3, 0.4) is 0 Å². The van der Waals surface area contributed by atoms with Crippen LogP contribution in [0.4, 0.5) is 5.69 Å². The van der Waals surface area contributed by atoms with Gasteiger partial charge in [-0.2, -0.15) is 0 Å². The highest BCUT2D eigenvalue weighted by Gasteiger charge is 2.37. The lowest BCUT2D eigenvalue weighted by Crippen LogP contribution is -2.45. The first kappa shape index (κ1) is 24.0. The van der Waals surface area contributed by atoms with Crippen LogP contribution in [0.15, 0.2) is 48.7 Å². The number of anilines is 1. The molecule has 1 saturated carbocycles. The van der Waals surface area contributed by atoms with Crippen LogP contribution in [0, 0.1) is 5.92 Å². The third kappa shape index (κ3) is 5.58. The summed E-state index contributed by atoms with van der Waals surface area (Å²) in [5.74, 6) is 1.03. The Morgan fingerprint density at radius 2 is 1.77 bits per heavy atom. The summed E-state index contributed by atoms with van der Waals surface area (Å²) in [5, 5.41) is 0. The highest BCUT2D eigenvalue weighted by molar-refractivity contribution is 5.92. The van der Waals surface area contributed by atoms with Crippen molar-refractivity contribution in [2.24, 2.45) is 5.92 Å². The molecule has 0 radical (unpaired) electrons. The Morgan fingerprint density at radius 1 is 0.971 bits per heavy atom. The molecular weight excluding hydrogens is 436 g/mol. The molecule has 3 aliphatic rings. The number of benzene rings is 1. The van der Waals surface area contributed by atoms with Crippen LogP contribution in [0.1, 0.15) is 69.5 Å². The summed E-state index contributed by atoms with van der Waals surface area (Å²) in [6.45, 7) is 4.43. The SMILES string of the molecule is CC(=O)N1CC[C@@H]2CC[C@H](CN(C(=O)CCC3CCC3)Cc3ccccc31)N2Cc1ccccn1. The first-order chi connectivity index (χ1) is 17.1. The molecule has 3 heterocycles. The standard InChI is InChI=1S/C29H38N4O2/c1-22(34)32-18-16-26-13-14-27(33(26)20-25-10-4-5-17-30-25)21-31(19-24-9-2-3-11-28(24)32)29(35)15-12-23-7-6-8-23/h2-5,9-11,17,23,26-27H,6-8,12-16,18-21H2,1H3/t26-,27+/m0/s1. The molecule has 2 amide bonds. The minimum Gasteiger partial charge on any atom is -0.337 e. The number of fused-ring (bicyclic) bond motifs is 3. The van der Waals surface area contributed by atoms with Crippen molar-refractivity contribution in [1.82, 2.24) is 14.8 Å². The van der Waals surface area contributed by atoms with Gasteiger partial charge in [0.15, 0.2) is 0 Å². The highest BCUT2D eigenvalue weighted by atomic mass is 16.2. The fourth-order valence-corrected chi connectivity index (χ4v) is 6.07. The van der Waals surface area contributed by atoms with Gasteiger partial charge in [0.05, 0.1) is 5.69 Å². The number of hydrogen-bond acceptors (Lipinski definition) is 4. The van der Waals surface area contributed by atoms with Crippen molar-refractivity contribution < 1.29 is 9.59 Å². The van der Waals surface area contributed by atoms with Gasteiger partial charge in [0.1, 0.15) is 0 Å². The molecule has 1 aliphatic carbocycles. The van der Waals surface area contributed by atoms with Gasteiger partial charge in [-0.15, -0.1) is 0 Å². The minimum atomic E-state index is 0.0605. The maximum atomic E-state index is 13.6. The predicted molar refractivity (Wildman–Crippen MR) is 138 cm³/mol. The van der Waals surface area contributed by atoms with Gasteiger partial charge in [-0.05, 0) is 55.4 Å². The van der Waals surface area contributed by atoms with Crippen molar-refractivity contribution in [3.05, 3.63) is 59.9 Å². The summed E-state index contributed by atoms with van der Waals surface area (Å²) in [7, 11) is 0. The number of carbonyl (C=O) groups is 2. The van der Waals surface area contributed by atoms with Crippen LogP contribution in [0.25, 0.3) is 0 Å². The fourth-order valence-electron chi connectivity index (χ4n) is 6.07. The molecule has 6 nitrogen and oxygen atoms in total. The monoisotopic (exact) mass is 474 g/mol. The molecule has 186 valence electrons. The molecule has 0 N–H and O–H groups in total. The van der Waals surface area contributed by atoms with Gasteiger partial charge in [-0.3, -0.25) is 19.5 Å². The molecule has 0 unspecified atom stereocenters. The van der Waals surface area contributed by atoms with Crippen LogP contribution in [-0.4, -0.2) is 51.8 Å². The molecule has 1 aromatic carbocycles. The van der Waals surface area contributed by atoms with Crippen molar-refractivity contribution in [2.45, 2.75) is 83.5 Å². The third-order valence-corrected chi connectivity index (χ3v) is 8.33. The first-order valence-corrected chi connectivity index (χ1v) is 13.4. The average molecular weight is 475 g/mol. The number of aromatic nitrogens is 1. The Labute approximate surface area is 209 Å². The van der Waals surface area contributed by atoms with E-state index in [1.807, 2.05) is 41.4 Å². The van der Waals surface area contributed by atoms with Gasteiger partial charge < -0.3 is 9.80 Å². The molecule has 35 heavy (non-hydrogen) atoms. The third-order valence-electron chi connectivity index (χ3n) is 8.33. The van der Waals surface area contributed by atoms with E-state index in [0.717, 1.165) is 61.6 Å². The van der Waals surface area contributed by atoms with Crippen LogP contribution in [0.5, 0.6) is 0 Å². The molecule has 6 heteroatoms. The molecule has 1 aromatic heterocycles. The lowest BCUT2D eigenvalue weighted by Gasteiger charge is -2.34. The summed E-state index contributed by atoms with van der Waals surface area (Å²) in [4.78, 5) is 37.5. The van der Waals surface area contributed by atoms with Crippen molar-refractivity contribution in [1.29, 1.82) is 0 Å². The molecule has 2 fully saturated rings. The summed E-state index contributed by atoms with van der Waals surface area (Å²) in [6, 6.07) is 14.9. The van der Waals surface area contributed by atoms with Crippen molar-refractivity contribution in [3.63, 3.8) is 0 Å². The quantitative estimate of drug-likeness (QED) is 0.626. The minimum absolute atomic E-state index is 0.0605. The second kappa shape index (κ2) is 10.9. The van der Waals surface area contributed by atoms with E-state index in [-0.39, 0.29) is 11.8 Å². The smallest absolute Gasteiger partial charge is 0.223 e. The van der Waals surface area contributed by atoms with Gasteiger partial charge in [-0.25, -0.2) is 0 Å². The van der Waals surface area contributed by atoms with Crippen molar-refractivity contribution in [2.75, 3.05) is 18.0 Å². The van der Waals surface area contributed by atoms with Crippen LogP contribution in [-0.2, 0) is 22.7 Å². The largest absolute Gasteiger partial charge is 0.337 e. The lowest BCUT2D eigenvalue weighted by atomic mass is 9.82. The van der Waals surface area contributed by atoms with Crippen molar-refractivity contribution in [3.8, 4) is 0 Å². The van der Waals surface area contributed by atoms with E-state index in [0.29, 0.717) is 31.6 Å². The van der Waals surface area contributed by atoms with E-state index in [1.54, 1.807) is 6.92 Å². The van der Waals surface area contributed by atoms with Gasteiger partial charge in [0.25, 0.3) is 0 Å². The zero-order chi connectivity index (χ0) is 24.2. The summed E-state index contributed by atoms with van der Waals surface area (Å²) in [6.07, 6.45) is 10.4. The second-order valence-electron chi connectivity index (χ2n) is 10.6. The van der Waals surface area contributed by atoms with Gasteiger partial charge >= 0.3 is 0 Å². The van der Waals surface area contributed by atoms with E-state index in [4.69, 9.17) is 0 Å². The Bertz CT molecular complexity index is 1020. The fraction of sp³-hybridized carbons (Fsp3) is 0.552. The summed E-state index contributed by atoms with van der Waals surface area (Å²) in [5.41, 5.74) is 3.08. The van der Waals surface area contributed by atoms with E-state index in [9.17, 15) is 9.59 Å². The second-order valence-corrected chi connectivity index (χ2v) is 10.6. The lowest BCUT2D eigenvalue weighted by molar-refractivity contribution is -0.133. The zero-order valence-corrected chi connectivity index (χ0v) is 20.9. The van der Waals surface area contributed by atoms with Gasteiger partial charge in [-0.1, -0.05) is 43.5 Å². The maximum absolute atomic E-state index is 13.6. The zero-order valence-electron chi connectivity index (χ0n) is 20.9. The number of para-hydroxylation sites is 1. The van der Waals surface area contributed by atoms with Crippen molar-refractivity contribution >= 4 is 17.5 Å². The average Bonchev–Trinajstić information content (AvgIpc) is 3.18. The van der Waals surface area contributed by atoms with E-state index in [1.165, 1.54) is 19.3 Å². The molecule has 2 aliphatic heterocycles. The number of carbonyl (C=O) groups excluding carboxylic acids is 2. The Balaban J connectivity index is 1.44. The van der Waals surface area contributed by atoms with Gasteiger partial charge in [0, 0.05) is 63.5 Å². The molecular formula is C29H38N4O2. The predicted octanol–water partition coefficient (Wildman–Crippen LogP) is 4.78. The Morgan fingerprint density at radius 3 is 2.51 bits per heavy atom. The molecule has 1 saturated heterocycles. The maximum Gasteiger partial charge on any atom is 0.223 e.